The minimum atomic E-state index is 0.391. The van der Waals surface area contributed by atoms with Gasteiger partial charge in [0.2, 0.25) is 0 Å². The summed E-state index contributed by atoms with van der Waals surface area (Å²) >= 11 is 3.57. The molecule has 2 atom stereocenters. The molecule has 0 bridgehead atoms. The zero-order valence-electron chi connectivity index (χ0n) is 13.5. The van der Waals surface area contributed by atoms with E-state index in [-0.39, 0.29) is 0 Å². The molecule has 0 radical (unpaired) electrons. The van der Waals surface area contributed by atoms with Crippen LogP contribution in [0.25, 0.3) is 0 Å². The molecule has 1 fully saturated rings. The fraction of sp³-hybridized carbons (Fsp3) is 0.667. The van der Waals surface area contributed by atoms with Crippen molar-refractivity contribution in [2.75, 3.05) is 0 Å². The maximum atomic E-state index is 6.42. The molecule has 0 aromatic heterocycles. The molecule has 2 nitrogen and oxygen atoms in total. The first-order valence-electron chi connectivity index (χ1n) is 8.28. The topological polar surface area (TPSA) is 21.3 Å². The molecule has 0 spiro atoms. The molecule has 118 valence electrons. The van der Waals surface area contributed by atoms with E-state index >= 15 is 0 Å². The average Bonchev–Trinajstić information content (AvgIpc) is 2.48. The molecule has 0 heterocycles. The summed E-state index contributed by atoms with van der Waals surface area (Å²) in [5, 5.41) is 3.49. The molecule has 1 N–H and O–H groups in total. The molecule has 1 aromatic rings. The molecule has 2 unspecified atom stereocenters. The zero-order valence-corrected chi connectivity index (χ0v) is 15.1. The predicted molar refractivity (Wildman–Crippen MR) is 92.8 cm³/mol. The number of benzene rings is 1. The van der Waals surface area contributed by atoms with E-state index in [1.165, 1.54) is 37.7 Å². The fourth-order valence-corrected chi connectivity index (χ4v) is 3.48. The minimum Gasteiger partial charge on any atom is -0.490 e. The van der Waals surface area contributed by atoms with E-state index in [0.717, 1.165) is 16.8 Å². The molecule has 0 amide bonds. The molecule has 1 aromatic carbocycles. The summed E-state index contributed by atoms with van der Waals surface area (Å²) in [6.45, 7) is 7.49. The normalized spacial score (nSPS) is 22.5. The van der Waals surface area contributed by atoms with Gasteiger partial charge in [-0.15, -0.1) is 0 Å². The van der Waals surface area contributed by atoms with E-state index in [2.05, 4.69) is 60.2 Å². The predicted octanol–water partition coefficient (Wildman–Crippen LogP) is 5.29. The van der Waals surface area contributed by atoms with Crippen molar-refractivity contribution >= 4 is 15.9 Å². The number of nitrogens with one attached hydrogen (secondary N) is 1. The summed E-state index contributed by atoms with van der Waals surface area (Å²) in [6.07, 6.45) is 6.80. The van der Waals surface area contributed by atoms with Gasteiger partial charge >= 0.3 is 0 Å². The van der Waals surface area contributed by atoms with Gasteiger partial charge in [0.05, 0.1) is 0 Å². The highest BCUT2D eigenvalue weighted by atomic mass is 79.9. The van der Waals surface area contributed by atoms with Crippen molar-refractivity contribution in [3.63, 3.8) is 0 Å². The second-order valence-corrected chi connectivity index (χ2v) is 7.31. The Labute approximate surface area is 137 Å². The molecule has 3 heteroatoms. The Morgan fingerprint density at radius 1 is 1.29 bits per heavy atom. The average molecular weight is 354 g/mol. The number of rotatable bonds is 6. The SMILES string of the molecule is CCC1CCCCC1Oc1ccc(Br)cc1CNC(C)C. The van der Waals surface area contributed by atoms with Crippen molar-refractivity contribution in [2.45, 2.75) is 71.6 Å². The standard InChI is InChI=1S/C18H28BrNO/c1-4-14-7-5-6-8-17(14)21-18-10-9-16(19)11-15(18)12-20-13(2)3/h9-11,13-14,17,20H,4-8,12H2,1-3H3. The molecule has 0 aliphatic heterocycles. The number of hydrogen-bond donors (Lipinski definition) is 1. The van der Waals surface area contributed by atoms with Crippen LogP contribution in [-0.4, -0.2) is 12.1 Å². The molecule has 21 heavy (non-hydrogen) atoms. The van der Waals surface area contributed by atoms with E-state index < -0.39 is 0 Å². The Hall–Kier alpha value is -0.540. The van der Waals surface area contributed by atoms with Gasteiger partial charge in [0.1, 0.15) is 11.9 Å². The van der Waals surface area contributed by atoms with Crippen LogP contribution in [0.15, 0.2) is 22.7 Å². The van der Waals surface area contributed by atoms with Gasteiger partial charge in [-0.2, -0.15) is 0 Å². The van der Waals surface area contributed by atoms with Gasteiger partial charge in [-0.3, -0.25) is 0 Å². The summed E-state index contributed by atoms with van der Waals surface area (Å²) in [4.78, 5) is 0. The largest absolute Gasteiger partial charge is 0.490 e. The van der Waals surface area contributed by atoms with Gasteiger partial charge in [0, 0.05) is 22.6 Å². The minimum absolute atomic E-state index is 0.391. The van der Waals surface area contributed by atoms with Gasteiger partial charge in [-0.1, -0.05) is 43.1 Å². The molecule has 0 saturated heterocycles. The van der Waals surface area contributed by atoms with Crippen molar-refractivity contribution < 1.29 is 4.74 Å². The molecular formula is C18H28BrNO. The van der Waals surface area contributed by atoms with Crippen molar-refractivity contribution in [1.29, 1.82) is 0 Å². The molecule has 2 rings (SSSR count). The summed E-state index contributed by atoms with van der Waals surface area (Å²) < 4.78 is 7.53. The number of hydrogen-bond acceptors (Lipinski definition) is 2. The van der Waals surface area contributed by atoms with Crippen molar-refractivity contribution in [1.82, 2.24) is 5.32 Å². The highest BCUT2D eigenvalue weighted by molar-refractivity contribution is 9.10. The molecule has 1 aliphatic carbocycles. The van der Waals surface area contributed by atoms with E-state index in [4.69, 9.17) is 4.74 Å². The van der Waals surface area contributed by atoms with Crippen LogP contribution in [0, 0.1) is 5.92 Å². The van der Waals surface area contributed by atoms with E-state index in [9.17, 15) is 0 Å². The van der Waals surface area contributed by atoms with Crippen LogP contribution < -0.4 is 10.1 Å². The first-order valence-corrected chi connectivity index (χ1v) is 9.08. The van der Waals surface area contributed by atoms with E-state index in [0.29, 0.717) is 18.1 Å². The van der Waals surface area contributed by atoms with Gasteiger partial charge in [-0.25, -0.2) is 0 Å². The summed E-state index contributed by atoms with van der Waals surface area (Å²) in [6, 6.07) is 6.85. The summed E-state index contributed by atoms with van der Waals surface area (Å²) in [5.74, 6) is 1.77. The first kappa shape index (κ1) is 16.8. The smallest absolute Gasteiger partial charge is 0.124 e. The lowest BCUT2D eigenvalue weighted by Gasteiger charge is -2.32. The van der Waals surface area contributed by atoms with Crippen LogP contribution in [0.5, 0.6) is 5.75 Å². The number of halogens is 1. The zero-order chi connectivity index (χ0) is 15.2. The van der Waals surface area contributed by atoms with Gasteiger partial charge in [-0.05, 0) is 49.8 Å². The number of ether oxygens (including phenoxy) is 1. The third-order valence-electron chi connectivity index (χ3n) is 4.37. The highest BCUT2D eigenvalue weighted by Crippen LogP contribution is 2.32. The maximum absolute atomic E-state index is 6.42. The Balaban J connectivity index is 2.10. The second-order valence-electron chi connectivity index (χ2n) is 6.40. The lowest BCUT2D eigenvalue weighted by atomic mass is 9.84. The maximum Gasteiger partial charge on any atom is 0.124 e. The third-order valence-corrected chi connectivity index (χ3v) is 4.86. The van der Waals surface area contributed by atoms with Crippen LogP contribution in [-0.2, 0) is 6.54 Å². The summed E-state index contributed by atoms with van der Waals surface area (Å²) in [5.41, 5.74) is 1.25. The third kappa shape index (κ3) is 5.00. The Bertz CT molecular complexity index is 447. The van der Waals surface area contributed by atoms with Crippen molar-refractivity contribution in [3.05, 3.63) is 28.2 Å². The van der Waals surface area contributed by atoms with Crippen molar-refractivity contribution in [2.24, 2.45) is 5.92 Å². The van der Waals surface area contributed by atoms with Crippen LogP contribution in [0.2, 0.25) is 0 Å². The monoisotopic (exact) mass is 353 g/mol. The second kappa shape index (κ2) is 8.19. The molecular weight excluding hydrogens is 326 g/mol. The van der Waals surface area contributed by atoms with Crippen LogP contribution >= 0.6 is 15.9 Å². The van der Waals surface area contributed by atoms with E-state index in [1.54, 1.807) is 0 Å². The van der Waals surface area contributed by atoms with Crippen LogP contribution in [0.4, 0.5) is 0 Å². The van der Waals surface area contributed by atoms with Gasteiger partial charge < -0.3 is 10.1 Å². The molecule has 1 aliphatic rings. The highest BCUT2D eigenvalue weighted by Gasteiger charge is 2.25. The van der Waals surface area contributed by atoms with E-state index in [1.807, 2.05) is 0 Å². The molecule has 1 saturated carbocycles. The quantitative estimate of drug-likeness (QED) is 0.749. The Kier molecular flexibility index (Phi) is 6.56. The first-order chi connectivity index (χ1) is 10.1. The lowest BCUT2D eigenvalue weighted by molar-refractivity contribution is 0.0892. The fourth-order valence-electron chi connectivity index (χ4n) is 3.07. The van der Waals surface area contributed by atoms with Crippen LogP contribution in [0.3, 0.4) is 0 Å². The summed E-state index contributed by atoms with van der Waals surface area (Å²) in [7, 11) is 0. The van der Waals surface area contributed by atoms with Crippen molar-refractivity contribution in [3.8, 4) is 5.75 Å². The Morgan fingerprint density at radius 2 is 2.05 bits per heavy atom. The van der Waals surface area contributed by atoms with Gasteiger partial charge in [0.25, 0.3) is 0 Å². The van der Waals surface area contributed by atoms with Crippen LogP contribution in [0.1, 0.15) is 58.4 Å². The van der Waals surface area contributed by atoms with Gasteiger partial charge in [0.15, 0.2) is 0 Å². The lowest BCUT2D eigenvalue weighted by Crippen LogP contribution is -2.30. The Morgan fingerprint density at radius 3 is 2.76 bits per heavy atom.